The van der Waals surface area contributed by atoms with Crippen LogP contribution < -0.4 is 5.32 Å². The minimum atomic E-state index is 0.813. The summed E-state index contributed by atoms with van der Waals surface area (Å²) in [6, 6.07) is 10.4. The normalized spacial score (nSPS) is 10.8. The molecule has 90 valence electrons. The van der Waals surface area contributed by atoms with Gasteiger partial charge in [-0.05, 0) is 73.0 Å². The standard InChI is InChI=1S/C13H8Br2N2S/c14-9-6-11(15)13(16-7-9)17-10-1-2-12-8(5-10)3-4-18-12/h1-7H,(H,16,17). The highest BCUT2D eigenvalue weighted by Crippen LogP contribution is 2.29. The molecule has 0 saturated carbocycles. The highest BCUT2D eigenvalue weighted by molar-refractivity contribution is 9.11. The van der Waals surface area contributed by atoms with Crippen LogP contribution in [0.25, 0.3) is 10.1 Å². The molecule has 18 heavy (non-hydrogen) atoms. The number of anilines is 2. The lowest BCUT2D eigenvalue weighted by Crippen LogP contribution is -1.94. The number of nitrogens with zero attached hydrogens (tertiary/aromatic N) is 1. The molecular formula is C13H8Br2N2S. The van der Waals surface area contributed by atoms with Crippen molar-refractivity contribution in [3.8, 4) is 0 Å². The predicted molar refractivity (Wildman–Crippen MR) is 84.7 cm³/mol. The summed E-state index contributed by atoms with van der Waals surface area (Å²) in [5.41, 5.74) is 1.04. The van der Waals surface area contributed by atoms with Crippen LogP contribution in [-0.4, -0.2) is 4.98 Å². The van der Waals surface area contributed by atoms with Gasteiger partial charge in [0.1, 0.15) is 5.82 Å². The highest BCUT2D eigenvalue weighted by atomic mass is 79.9. The zero-order chi connectivity index (χ0) is 12.5. The maximum absolute atomic E-state index is 4.34. The van der Waals surface area contributed by atoms with Crippen molar-refractivity contribution in [1.82, 2.24) is 4.98 Å². The van der Waals surface area contributed by atoms with Gasteiger partial charge in [-0.2, -0.15) is 0 Å². The van der Waals surface area contributed by atoms with E-state index in [2.05, 4.69) is 71.8 Å². The Balaban J connectivity index is 1.95. The van der Waals surface area contributed by atoms with Gasteiger partial charge in [-0.15, -0.1) is 11.3 Å². The van der Waals surface area contributed by atoms with E-state index in [1.54, 1.807) is 17.5 Å². The van der Waals surface area contributed by atoms with Crippen molar-refractivity contribution >= 4 is 64.8 Å². The first-order valence-electron chi connectivity index (χ1n) is 5.28. The summed E-state index contributed by atoms with van der Waals surface area (Å²) in [6.45, 7) is 0. The number of thiophene rings is 1. The van der Waals surface area contributed by atoms with E-state index in [0.29, 0.717) is 0 Å². The molecule has 3 aromatic rings. The van der Waals surface area contributed by atoms with Gasteiger partial charge in [-0.3, -0.25) is 0 Å². The molecule has 0 aliphatic carbocycles. The molecule has 0 bridgehead atoms. The molecule has 2 heterocycles. The molecule has 1 aromatic carbocycles. The van der Waals surface area contributed by atoms with Crippen LogP contribution in [0.5, 0.6) is 0 Å². The fourth-order valence-corrected chi connectivity index (χ4v) is 3.55. The molecule has 0 atom stereocenters. The molecule has 0 unspecified atom stereocenters. The van der Waals surface area contributed by atoms with Crippen molar-refractivity contribution < 1.29 is 0 Å². The van der Waals surface area contributed by atoms with E-state index in [1.807, 2.05) is 6.07 Å². The second kappa shape index (κ2) is 4.99. The number of fused-ring (bicyclic) bond motifs is 1. The molecule has 1 N–H and O–H groups in total. The molecule has 0 radical (unpaired) electrons. The number of pyridine rings is 1. The van der Waals surface area contributed by atoms with Crippen molar-refractivity contribution in [1.29, 1.82) is 0 Å². The Morgan fingerprint density at radius 3 is 2.83 bits per heavy atom. The van der Waals surface area contributed by atoms with E-state index < -0.39 is 0 Å². The molecule has 0 amide bonds. The molecule has 0 spiro atoms. The first kappa shape index (κ1) is 12.1. The third-order valence-corrected chi connectivity index (χ3v) is 4.46. The summed E-state index contributed by atoms with van der Waals surface area (Å²) in [4.78, 5) is 4.34. The quantitative estimate of drug-likeness (QED) is 0.626. The Hall–Kier alpha value is -0.910. The Morgan fingerprint density at radius 1 is 1.11 bits per heavy atom. The summed E-state index contributed by atoms with van der Waals surface area (Å²) < 4.78 is 3.18. The van der Waals surface area contributed by atoms with E-state index in [4.69, 9.17) is 0 Å². The van der Waals surface area contributed by atoms with Crippen LogP contribution in [0.15, 0.2) is 50.9 Å². The SMILES string of the molecule is Brc1cnc(Nc2ccc3sccc3c2)c(Br)c1. The van der Waals surface area contributed by atoms with Crippen molar-refractivity contribution in [2.45, 2.75) is 0 Å². The molecule has 0 aliphatic heterocycles. The lowest BCUT2D eigenvalue weighted by atomic mass is 10.2. The van der Waals surface area contributed by atoms with Gasteiger partial charge in [0.15, 0.2) is 0 Å². The summed E-state index contributed by atoms with van der Waals surface area (Å²) >= 11 is 8.63. The Kier molecular flexibility index (Phi) is 3.37. The van der Waals surface area contributed by atoms with Crippen LogP contribution in [0.2, 0.25) is 0 Å². The van der Waals surface area contributed by atoms with Crippen molar-refractivity contribution in [3.05, 3.63) is 50.9 Å². The van der Waals surface area contributed by atoms with E-state index >= 15 is 0 Å². The van der Waals surface area contributed by atoms with Crippen molar-refractivity contribution in [2.75, 3.05) is 5.32 Å². The first-order chi connectivity index (χ1) is 8.72. The Labute approximate surface area is 125 Å². The fraction of sp³-hybridized carbons (Fsp3) is 0. The van der Waals surface area contributed by atoms with Gasteiger partial charge in [0.05, 0.1) is 4.47 Å². The third-order valence-electron chi connectivity index (χ3n) is 2.52. The van der Waals surface area contributed by atoms with Gasteiger partial charge >= 0.3 is 0 Å². The lowest BCUT2D eigenvalue weighted by Gasteiger charge is -2.07. The van der Waals surface area contributed by atoms with Gasteiger partial charge < -0.3 is 5.32 Å². The van der Waals surface area contributed by atoms with Crippen LogP contribution in [0.3, 0.4) is 0 Å². The summed E-state index contributed by atoms with van der Waals surface area (Å²) in [6.07, 6.45) is 1.77. The third kappa shape index (κ3) is 2.43. The van der Waals surface area contributed by atoms with Crippen LogP contribution in [0.1, 0.15) is 0 Å². The molecule has 2 aromatic heterocycles. The highest BCUT2D eigenvalue weighted by Gasteiger charge is 2.03. The topological polar surface area (TPSA) is 24.9 Å². The number of aromatic nitrogens is 1. The average Bonchev–Trinajstić information content (AvgIpc) is 2.80. The van der Waals surface area contributed by atoms with Gasteiger partial charge in [-0.25, -0.2) is 4.98 Å². The molecule has 5 heteroatoms. The zero-order valence-electron chi connectivity index (χ0n) is 9.15. The maximum atomic E-state index is 4.34. The Morgan fingerprint density at radius 2 is 2.00 bits per heavy atom. The monoisotopic (exact) mass is 382 g/mol. The zero-order valence-corrected chi connectivity index (χ0v) is 13.1. The van der Waals surface area contributed by atoms with Gasteiger partial charge in [0.25, 0.3) is 0 Å². The van der Waals surface area contributed by atoms with E-state index in [-0.39, 0.29) is 0 Å². The van der Waals surface area contributed by atoms with Crippen molar-refractivity contribution in [2.24, 2.45) is 0 Å². The summed E-state index contributed by atoms with van der Waals surface area (Å²) in [5.74, 6) is 0.813. The molecule has 0 fully saturated rings. The number of hydrogen-bond acceptors (Lipinski definition) is 3. The van der Waals surface area contributed by atoms with Gasteiger partial charge in [0, 0.05) is 21.1 Å². The van der Waals surface area contributed by atoms with Gasteiger partial charge in [-0.1, -0.05) is 0 Å². The van der Waals surface area contributed by atoms with E-state index in [0.717, 1.165) is 20.5 Å². The molecule has 0 saturated heterocycles. The fourth-order valence-electron chi connectivity index (χ4n) is 1.69. The minimum absolute atomic E-state index is 0.813. The van der Waals surface area contributed by atoms with E-state index in [9.17, 15) is 0 Å². The second-order valence-electron chi connectivity index (χ2n) is 3.78. The van der Waals surface area contributed by atoms with Crippen LogP contribution in [0, 0.1) is 0 Å². The largest absolute Gasteiger partial charge is 0.339 e. The minimum Gasteiger partial charge on any atom is -0.339 e. The summed E-state index contributed by atoms with van der Waals surface area (Å²) in [5, 5.41) is 6.65. The van der Waals surface area contributed by atoms with Crippen LogP contribution in [-0.2, 0) is 0 Å². The molecule has 0 aliphatic rings. The Bertz CT molecular complexity index is 709. The van der Waals surface area contributed by atoms with Crippen molar-refractivity contribution in [3.63, 3.8) is 0 Å². The maximum Gasteiger partial charge on any atom is 0.144 e. The second-order valence-corrected chi connectivity index (χ2v) is 6.50. The molecule has 2 nitrogen and oxygen atoms in total. The number of benzene rings is 1. The number of hydrogen-bond donors (Lipinski definition) is 1. The number of halogens is 2. The average molecular weight is 384 g/mol. The van der Waals surface area contributed by atoms with Gasteiger partial charge in [0.2, 0.25) is 0 Å². The summed E-state index contributed by atoms with van der Waals surface area (Å²) in [7, 11) is 0. The smallest absolute Gasteiger partial charge is 0.144 e. The number of nitrogens with one attached hydrogen (secondary N) is 1. The number of rotatable bonds is 2. The van der Waals surface area contributed by atoms with Crippen LogP contribution >= 0.6 is 43.2 Å². The van der Waals surface area contributed by atoms with E-state index in [1.165, 1.54) is 10.1 Å². The van der Waals surface area contributed by atoms with Crippen LogP contribution in [0.4, 0.5) is 11.5 Å². The predicted octanol–water partition coefficient (Wildman–Crippen LogP) is 5.56. The molecular weight excluding hydrogens is 376 g/mol. The lowest BCUT2D eigenvalue weighted by molar-refractivity contribution is 1.28. The molecule has 3 rings (SSSR count). The first-order valence-corrected chi connectivity index (χ1v) is 7.74.